The van der Waals surface area contributed by atoms with Crippen LogP contribution in [0.1, 0.15) is 57.1 Å². The number of carbonyl (C=O) groups excluding carboxylic acids is 1. The van der Waals surface area contributed by atoms with Crippen molar-refractivity contribution in [2.75, 3.05) is 13.2 Å². The molecule has 0 heterocycles. The average molecular weight is 415 g/mol. The van der Waals surface area contributed by atoms with Crippen LogP contribution in [0.4, 0.5) is 0 Å². The summed E-state index contributed by atoms with van der Waals surface area (Å²) in [5.41, 5.74) is 4.01. The van der Waals surface area contributed by atoms with Crippen molar-refractivity contribution in [1.29, 1.82) is 0 Å². The summed E-state index contributed by atoms with van der Waals surface area (Å²) in [7, 11) is 0. The number of aryl methyl sites for hydroxylation is 1. The van der Waals surface area contributed by atoms with Crippen molar-refractivity contribution >= 4 is 17.6 Å². The fourth-order valence-electron chi connectivity index (χ4n) is 3.44. The first-order chi connectivity index (χ1) is 13.9. The van der Waals surface area contributed by atoms with Crippen molar-refractivity contribution in [3.8, 4) is 16.9 Å². The van der Waals surface area contributed by atoms with E-state index in [0.29, 0.717) is 35.8 Å². The highest BCUT2D eigenvalue weighted by Crippen LogP contribution is 2.41. The summed E-state index contributed by atoms with van der Waals surface area (Å²) < 4.78 is 11.5. The van der Waals surface area contributed by atoms with Gasteiger partial charge in [0, 0.05) is 5.56 Å². The molecule has 1 unspecified atom stereocenters. The van der Waals surface area contributed by atoms with Gasteiger partial charge in [-0.2, -0.15) is 0 Å². The van der Waals surface area contributed by atoms with Gasteiger partial charge in [-0.3, -0.25) is 4.79 Å². The highest BCUT2D eigenvalue weighted by atomic mass is 35.5. The summed E-state index contributed by atoms with van der Waals surface area (Å²) in [4.78, 5) is 12.7. The number of carbonyl (C=O) groups is 1. The minimum Gasteiger partial charge on any atom is -0.492 e. The van der Waals surface area contributed by atoms with Gasteiger partial charge in [0.05, 0.1) is 24.2 Å². The molecule has 3 rings (SSSR count). The van der Waals surface area contributed by atoms with Gasteiger partial charge in [-0.1, -0.05) is 55.3 Å². The lowest BCUT2D eigenvalue weighted by Gasteiger charge is -2.21. The molecule has 2 aromatic rings. The molecule has 1 fully saturated rings. The molecule has 1 aliphatic rings. The van der Waals surface area contributed by atoms with Crippen LogP contribution in [0.15, 0.2) is 36.4 Å². The van der Waals surface area contributed by atoms with E-state index in [0.717, 1.165) is 23.1 Å². The molecular weight excluding hydrogens is 384 g/mol. The lowest BCUT2D eigenvalue weighted by molar-refractivity contribution is -0.145. The largest absolute Gasteiger partial charge is 0.492 e. The molecule has 4 heteroatoms. The number of hydrogen-bond acceptors (Lipinski definition) is 3. The predicted octanol–water partition coefficient (Wildman–Crippen LogP) is 6.80. The zero-order valence-corrected chi connectivity index (χ0v) is 18.6. The van der Waals surface area contributed by atoms with E-state index >= 15 is 0 Å². The summed E-state index contributed by atoms with van der Waals surface area (Å²) >= 11 is 6.77. The van der Waals surface area contributed by atoms with Crippen LogP contribution in [-0.4, -0.2) is 19.2 Å². The van der Waals surface area contributed by atoms with Crippen LogP contribution in [0, 0.1) is 18.8 Å². The highest BCUT2D eigenvalue weighted by Gasteiger charge is 2.27. The van der Waals surface area contributed by atoms with Gasteiger partial charge < -0.3 is 9.47 Å². The minimum absolute atomic E-state index is 0.188. The standard InChI is InChI=1S/C25H31ClO3/c1-5-28-25(27)22(12-16(2)3)20-13-21(19-10-6-17(4)7-11-19)24(26)23(14-20)29-15-18-8-9-18/h6-7,10-11,13-14,16,18,22H,5,8-9,12,15H2,1-4H3. The Balaban J connectivity index is 2.05. The van der Waals surface area contributed by atoms with Crippen molar-refractivity contribution in [1.82, 2.24) is 0 Å². The van der Waals surface area contributed by atoms with Gasteiger partial charge in [0.1, 0.15) is 5.75 Å². The quantitative estimate of drug-likeness (QED) is 0.423. The van der Waals surface area contributed by atoms with Gasteiger partial charge in [0.15, 0.2) is 0 Å². The lowest BCUT2D eigenvalue weighted by atomic mass is 9.88. The molecule has 0 N–H and O–H groups in total. The van der Waals surface area contributed by atoms with Crippen LogP contribution in [-0.2, 0) is 9.53 Å². The molecule has 0 aliphatic heterocycles. The topological polar surface area (TPSA) is 35.5 Å². The first kappa shape index (κ1) is 21.7. The number of rotatable bonds is 9. The van der Waals surface area contributed by atoms with Crippen LogP contribution in [0.25, 0.3) is 11.1 Å². The number of esters is 1. The maximum atomic E-state index is 12.7. The first-order valence-electron chi connectivity index (χ1n) is 10.6. The molecule has 156 valence electrons. The van der Waals surface area contributed by atoms with Crippen molar-refractivity contribution in [2.45, 2.75) is 52.9 Å². The van der Waals surface area contributed by atoms with Gasteiger partial charge in [-0.25, -0.2) is 0 Å². The minimum atomic E-state index is -0.334. The highest BCUT2D eigenvalue weighted by molar-refractivity contribution is 6.34. The fraction of sp³-hybridized carbons (Fsp3) is 0.480. The Morgan fingerprint density at radius 3 is 2.45 bits per heavy atom. The molecule has 0 amide bonds. The third kappa shape index (κ3) is 5.76. The molecule has 0 aromatic heterocycles. The zero-order chi connectivity index (χ0) is 21.0. The van der Waals surface area contributed by atoms with E-state index < -0.39 is 0 Å². The van der Waals surface area contributed by atoms with E-state index in [-0.39, 0.29) is 11.9 Å². The van der Waals surface area contributed by atoms with Crippen LogP contribution in [0.3, 0.4) is 0 Å². The predicted molar refractivity (Wildman–Crippen MR) is 119 cm³/mol. The Hall–Kier alpha value is -2.00. The maximum Gasteiger partial charge on any atom is 0.313 e. The molecule has 2 aromatic carbocycles. The number of ether oxygens (including phenoxy) is 2. The SMILES string of the molecule is CCOC(=O)C(CC(C)C)c1cc(OCC2CC2)c(Cl)c(-c2ccc(C)cc2)c1. The van der Waals surface area contributed by atoms with E-state index in [2.05, 4.69) is 45.0 Å². The average Bonchev–Trinajstić information content (AvgIpc) is 3.51. The van der Waals surface area contributed by atoms with E-state index in [1.807, 2.05) is 19.1 Å². The van der Waals surface area contributed by atoms with Gasteiger partial charge in [0.25, 0.3) is 0 Å². The van der Waals surface area contributed by atoms with Crippen LogP contribution < -0.4 is 4.74 Å². The molecule has 1 saturated carbocycles. The molecule has 1 aliphatic carbocycles. The molecule has 3 nitrogen and oxygen atoms in total. The second-order valence-electron chi connectivity index (χ2n) is 8.44. The van der Waals surface area contributed by atoms with Crippen molar-refractivity contribution in [3.05, 3.63) is 52.5 Å². The van der Waals surface area contributed by atoms with Crippen molar-refractivity contribution < 1.29 is 14.3 Å². The molecule has 0 spiro atoms. The van der Waals surface area contributed by atoms with Gasteiger partial charge in [-0.05, 0) is 68.2 Å². The Morgan fingerprint density at radius 1 is 1.17 bits per heavy atom. The first-order valence-corrected chi connectivity index (χ1v) is 11.0. The van der Waals surface area contributed by atoms with Crippen molar-refractivity contribution in [3.63, 3.8) is 0 Å². The number of hydrogen-bond donors (Lipinski definition) is 0. The Labute approximate surface area is 179 Å². The summed E-state index contributed by atoms with van der Waals surface area (Å²) in [6.07, 6.45) is 3.14. The Bertz CT molecular complexity index is 838. The summed E-state index contributed by atoms with van der Waals surface area (Å²) in [5, 5.41) is 0.602. The Morgan fingerprint density at radius 2 is 1.86 bits per heavy atom. The van der Waals surface area contributed by atoms with Crippen LogP contribution in [0.5, 0.6) is 5.75 Å². The molecule has 0 bridgehead atoms. The normalized spacial score (nSPS) is 14.7. The molecule has 0 saturated heterocycles. The van der Waals surface area contributed by atoms with Gasteiger partial charge >= 0.3 is 5.97 Å². The summed E-state index contributed by atoms with van der Waals surface area (Å²) in [6, 6.07) is 12.2. The van der Waals surface area contributed by atoms with Gasteiger partial charge in [-0.15, -0.1) is 0 Å². The third-order valence-corrected chi connectivity index (χ3v) is 5.67. The smallest absolute Gasteiger partial charge is 0.313 e. The monoisotopic (exact) mass is 414 g/mol. The maximum absolute atomic E-state index is 12.7. The second-order valence-corrected chi connectivity index (χ2v) is 8.81. The van der Waals surface area contributed by atoms with Crippen LogP contribution in [0.2, 0.25) is 5.02 Å². The zero-order valence-electron chi connectivity index (χ0n) is 17.8. The summed E-state index contributed by atoms with van der Waals surface area (Å²) in [6.45, 7) is 9.18. The van der Waals surface area contributed by atoms with E-state index in [1.54, 1.807) is 0 Å². The van der Waals surface area contributed by atoms with E-state index in [9.17, 15) is 4.79 Å². The molecule has 0 radical (unpaired) electrons. The van der Waals surface area contributed by atoms with Crippen LogP contribution >= 0.6 is 11.6 Å². The van der Waals surface area contributed by atoms with Crippen molar-refractivity contribution in [2.24, 2.45) is 11.8 Å². The Kier molecular flexibility index (Phi) is 7.23. The molecule has 29 heavy (non-hydrogen) atoms. The second kappa shape index (κ2) is 9.67. The molecular formula is C25H31ClO3. The lowest BCUT2D eigenvalue weighted by Crippen LogP contribution is -2.18. The van der Waals surface area contributed by atoms with E-state index in [4.69, 9.17) is 21.1 Å². The van der Waals surface area contributed by atoms with Gasteiger partial charge in [0.2, 0.25) is 0 Å². The third-order valence-electron chi connectivity index (χ3n) is 5.28. The fourth-order valence-corrected chi connectivity index (χ4v) is 3.72. The van der Waals surface area contributed by atoms with E-state index in [1.165, 1.54) is 18.4 Å². The molecule has 1 atom stereocenters. The summed E-state index contributed by atoms with van der Waals surface area (Å²) in [5.74, 6) is 1.11. The number of benzene rings is 2. The number of halogens is 1.